The van der Waals surface area contributed by atoms with Crippen molar-refractivity contribution in [1.29, 1.82) is 0 Å². The van der Waals surface area contributed by atoms with Crippen molar-refractivity contribution in [1.82, 2.24) is 59.2 Å². The highest BCUT2D eigenvalue weighted by molar-refractivity contribution is 6.39. The molecule has 34 heteroatoms. The van der Waals surface area contributed by atoms with E-state index >= 15 is 0 Å². The summed E-state index contributed by atoms with van der Waals surface area (Å²) in [5, 5.41) is 41.6. The Balaban J connectivity index is 0.521. The number of oxazole rings is 1. The summed E-state index contributed by atoms with van der Waals surface area (Å²) in [7, 11) is 4.54. The van der Waals surface area contributed by atoms with E-state index in [1.54, 1.807) is 59.5 Å². The number of hydrogen-bond acceptors (Lipinski definition) is 29. The first-order chi connectivity index (χ1) is 62.9. The number of allylic oxidation sites excluding steroid dienone is 5. The Morgan fingerprint density at radius 2 is 1.44 bits per heavy atom. The normalized spacial score (nSPS) is 28.6. The molecule has 13 rings (SSSR count). The van der Waals surface area contributed by atoms with Crippen molar-refractivity contribution in [2.24, 2.45) is 35.5 Å². The van der Waals surface area contributed by atoms with Gasteiger partial charge in [-0.05, 0) is 160 Å². The number of cyclic esters (lactones) is 1. The summed E-state index contributed by atoms with van der Waals surface area (Å²) in [5.41, 5.74) is 20.6. The van der Waals surface area contributed by atoms with E-state index in [0.29, 0.717) is 201 Å². The third kappa shape index (κ3) is 24.8. The van der Waals surface area contributed by atoms with Crippen molar-refractivity contribution in [2.45, 2.75) is 238 Å². The van der Waals surface area contributed by atoms with Gasteiger partial charge in [0.05, 0.1) is 56.0 Å². The van der Waals surface area contributed by atoms with E-state index in [1.807, 2.05) is 101 Å². The van der Waals surface area contributed by atoms with Gasteiger partial charge in [-0.3, -0.25) is 38.5 Å². The first-order valence-corrected chi connectivity index (χ1v) is 46.7. The second kappa shape index (κ2) is 45.4. The number of aliphatic hydroxyl groups is 3. The number of rotatable bonds is 23. The molecule has 7 N–H and O–H groups in total. The van der Waals surface area contributed by atoms with Crippen LogP contribution in [0.5, 0.6) is 0 Å². The minimum absolute atomic E-state index is 0.00137. The van der Waals surface area contributed by atoms with Gasteiger partial charge >= 0.3 is 11.9 Å². The lowest BCUT2D eigenvalue weighted by atomic mass is 9.78. The van der Waals surface area contributed by atoms with E-state index in [-0.39, 0.29) is 99.5 Å². The van der Waals surface area contributed by atoms with Crippen LogP contribution in [0.4, 0.5) is 17.8 Å². The number of aliphatic hydroxyl groups excluding tert-OH is 2. The first kappa shape index (κ1) is 98.2. The molecular formula is C97H133N15O19. The van der Waals surface area contributed by atoms with Gasteiger partial charge in [-0.25, -0.2) is 29.4 Å². The van der Waals surface area contributed by atoms with Crippen LogP contribution in [0.25, 0.3) is 33.4 Å². The number of esters is 2. The van der Waals surface area contributed by atoms with Crippen LogP contribution in [0.2, 0.25) is 0 Å². The first-order valence-electron chi connectivity index (χ1n) is 46.7. The number of nitrogens with zero attached hydrogens (tertiary/aromatic N) is 13. The Morgan fingerprint density at radius 3 is 2.18 bits per heavy atom. The van der Waals surface area contributed by atoms with Crippen LogP contribution in [0.15, 0.2) is 107 Å². The van der Waals surface area contributed by atoms with Crippen LogP contribution in [0, 0.1) is 35.5 Å². The van der Waals surface area contributed by atoms with Crippen molar-refractivity contribution < 1.29 is 91.3 Å². The Labute approximate surface area is 766 Å². The summed E-state index contributed by atoms with van der Waals surface area (Å²) in [6.07, 6.45) is 16.0. The largest absolute Gasteiger partial charge is 0.460 e. The van der Waals surface area contributed by atoms with Crippen LogP contribution < -0.4 is 16.4 Å². The second-order valence-electron chi connectivity index (χ2n) is 37.0. The number of amides is 4. The maximum Gasteiger partial charge on any atom is 0.329 e. The number of carbonyl (C=O) groups is 8. The number of aromatic nitrogens is 7. The number of ether oxygens (including phenoxy) is 7. The van der Waals surface area contributed by atoms with Gasteiger partial charge in [-0.2, -0.15) is 10.1 Å². The quantitative estimate of drug-likeness (QED) is 0.0173. The highest BCUT2D eigenvalue weighted by Crippen LogP contribution is 2.41. The fourth-order valence-electron chi connectivity index (χ4n) is 19.5. The molecule has 131 heavy (non-hydrogen) atoms. The van der Waals surface area contributed by atoms with Crippen molar-refractivity contribution in [3.05, 3.63) is 125 Å². The summed E-state index contributed by atoms with van der Waals surface area (Å²) >= 11 is 0. The summed E-state index contributed by atoms with van der Waals surface area (Å²) in [6, 6.07) is 10.7. The maximum absolute atomic E-state index is 14.9. The van der Waals surface area contributed by atoms with Crippen LogP contribution in [-0.2, 0) is 97.4 Å². The molecule has 34 nitrogen and oxygen atoms in total. The SMILES string of the molecule is CO[C@H]1C[C@@H]2CC[C@@H](C)[C@@](O)(O2)C(=O)C(=O)N2CCCC[C@H]2C(=O)O[C@H]([C@H](C)C[C@@H]2CC[C@@H](OC(=O)CCc3cnc(N4CCN(C(=O)CCOCCN5CCN(C(=O)CCC(=O)N6CCc7cc(Cn8nc(-c9ccc%10oc(N)nc%10c9)c9c(N)ncnc98)ccc7C6)CC5)CC4)nc3)[C@H](OC)C2)C[C@@H](O)[C@H](C)/C=C(\C)[C@@H](O)[C@@H](OC)C(=O)[C@H](C)C[C@H](C)/C=C/C=C/C=C/1C. The van der Waals surface area contributed by atoms with Crippen LogP contribution in [0.1, 0.15) is 173 Å². The Hall–Kier alpha value is -10.3. The zero-order valence-electron chi connectivity index (χ0n) is 77.5. The minimum atomic E-state index is -2.48. The van der Waals surface area contributed by atoms with Crippen LogP contribution in [0.3, 0.4) is 0 Å². The molecule has 4 saturated heterocycles. The Kier molecular flexibility index (Phi) is 34.0. The Morgan fingerprint density at radius 1 is 0.702 bits per heavy atom. The molecule has 6 aliphatic heterocycles. The molecule has 4 aromatic heterocycles. The standard InChI is InChI=1S/C97H133N15O19/c1-59-16-12-11-13-17-60(2)78(124-8)52-72-25-19-65(7)97(123,131-72)90(120)93(121)111-33-15-14-18-74(111)94(122)129-79(53-75(113)61(3)47-64(6)88(119)89(126-10)87(118)63(5)46-59)62(4)48-66-21-26-77(80(50-66)125-9)128-84(117)30-22-68-54-100-96(101-55-68)109-41-39-108(40-42-109)83(116)32-44-127-45-43-106-35-37-107(38-36-106)81(114)28-29-82(115)110-34-31-69-49-67(20-23-71(69)57-110)56-112-92-85(91(98)102-58-103-92)86(105-112)70-24-27-76-73(51-70)104-95(99)130-76/h11-13,16-17,20,23-24,27,47,49,51,54-55,58-59,61-63,65-66,72,74-75,77-80,88-89,113,119,123H,14-15,18-19,21-22,25-26,28-46,48,50,52-53,56-57H2,1-10H3,(H2,99,104)(H2,98,102,103)/b13-11+,16-12+,60-17+,64-47+/t59-,61-,62-,63-,65-,66+,72+,74+,75-,77-,78+,79+,80-,88-,89+,97-/m1/s1. The number of hydrogen-bond donors (Lipinski definition) is 5. The third-order valence-electron chi connectivity index (χ3n) is 27.6. The molecule has 0 unspecified atom stereocenters. The Bertz CT molecular complexity index is 5100. The monoisotopic (exact) mass is 1810 g/mol. The fraction of sp³-hybridized carbons (Fsp3) is 0.608. The smallest absolute Gasteiger partial charge is 0.329 e. The molecule has 0 spiro atoms. The van der Waals surface area contributed by atoms with Crippen molar-refractivity contribution in [3.63, 3.8) is 0 Å². The second-order valence-corrected chi connectivity index (χ2v) is 37.0. The van der Waals surface area contributed by atoms with Gasteiger partial charge in [0, 0.05) is 168 Å². The lowest BCUT2D eigenvalue weighted by molar-refractivity contribution is -0.265. The number of nitrogen functional groups attached to an aromatic ring is 2. The molecule has 2 bridgehead atoms. The average molecular weight is 1810 g/mol. The lowest BCUT2D eigenvalue weighted by Crippen LogP contribution is -2.61. The van der Waals surface area contributed by atoms with E-state index < -0.39 is 108 Å². The van der Waals surface area contributed by atoms with E-state index in [9.17, 15) is 53.7 Å². The minimum Gasteiger partial charge on any atom is -0.460 e. The molecule has 6 aromatic rings. The highest BCUT2D eigenvalue weighted by atomic mass is 16.6. The summed E-state index contributed by atoms with van der Waals surface area (Å²) in [4.78, 5) is 145. The summed E-state index contributed by atoms with van der Waals surface area (Å²) < 4.78 is 49.7. The molecule has 4 amide bonds. The van der Waals surface area contributed by atoms with Gasteiger partial charge in [-0.15, -0.1) is 0 Å². The molecular weight excluding hydrogens is 1680 g/mol. The number of fused-ring (bicyclic) bond motifs is 6. The number of Topliss-reactive ketones (excluding diaryl/α,β-unsaturated/α-hetero) is 2. The average Bonchev–Trinajstić information content (AvgIpc) is 1.57. The summed E-state index contributed by atoms with van der Waals surface area (Å²) in [5.74, 6) is -7.61. The zero-order valence-corrected chi connectivity index (χ0v) is 77.5. The number of benzene rings is 2. The molecule has 16 atom stereocenters. The zero-order chi connectivity index (χ0) is 93.3. The number of aryl methyl sites for hydroxylation is 1. The lowest BCUT2D eigenvalue weighted by Gasteiger charge is -2.43. The number of anilines is 3. The van der Waals surface area contributed by atoms with E-state index in [4.69, 9.17) is 54.1 Å². The molecule has 2 aromatic carbocycles. The number of methoxy groups -OCH3 is 3. The molecule has 5 fully saturated rings. The van der Waals surface area contributed by atoms with Gasteiger partial charge in [0.25, 0.3) is 17.7 Å². The van der Waals surface area contributed by atoms with Crippen molar-refractivity contribution in [3.8, 4) is 11.3 Å². The molecule has 1 saturated carbocycles. The van der Waals surface area contributed by atoms with Crippen LogP contribution >= 0.6 is 0 Å². The number of carbonyl (C=O) groups excluding carboxylic acids is 8. The van der Waals surface area contributed by atoms with Crippen LogP contribution in [-0.4, -0.2) is 289 Å². The molecule has 1 aliphatic carbocycles. The van der Waals surface area contributed by atoms with E-state index in [0.717, 1.165) is 33.4 Å². The van der Waals surface area contributed by atoms with Crippen molar-refractivity contribution >= 4 is 87.0 Å². The number of piperidine rings is 1. The number of nitrogens with two attached hydrogens (primary N) is 2. The van der Waals surface area contributed by atoms with E-state index in [1.165, 1.54) is 18.3 Å². The van der Waals surface area contributed by atoms with Gasteiger partial charge in [0.2, 0.25) is 29.5 Å². The third-order valence-corrected chi connectivity index (χ3v) is 27.6. The maximum atomic E-state index is 14.9. The van der Waals surface area contributed by atoms with Gasteiger partial charge in [-0.1, -0.05) is 89.3 Å². The predicted octanol–water partition coefficient (Wildman–Crippen LogP) is 8.67. The number of ketones is 2. The van der Waals surface area contributed by atoms with Gasteiger partial charge in [0.1, 0.15) is 53.8 Å². The van der Waals surface area contributed by atoms with Gasteiger partial charge in [0.15, 0.2) is 17.0 Å². The number of piperazine rings is 2. The molecule has 710 valence electrons. The highest BCUT2D eigenvalue weighted by Gasteiger charge is 2.53. The fourth-order valence-corrected chi connectivity index (χ4v) is 19.5. The molecule has 10 heterocycles. The topological polar surface area (TPSA) is 429 Å². The molecule has 0 radical (unpaired) electrons. The molecule has 7 aliphatic rings. The van der Waals surface area contributed by atoms with E-state index in [2.05, 4.69) is 42.0 Å². The summed E-state index contributed by atoms with van der Waals surface area (Å²) in [6.45, 7) is 20.2. The van der Waals surface area contributed by atoms with Crippen molar-refractivity contribution in [2.75, 3.05) is 123 Å². The van der Waals surface area contributed by atoms with Gasteiger partial charge < -0.3 is 88.9 Å². The predicted molar refractivity (Wildman–Crippen MR) is 489 cm³/mol.